The topological polar surface area (TPSA) is 76.1 Å². The monoisotopic (exact) mass is 384 g/mol. The molecule has 2 aromatic heterocycles. The van der Waals surface area contributed by atoms with Crippen molar-refractivity contribution < 1.29 is 9.53 Å². The summed E-state index contributed by atoms with van der Waals surface area (Å²) in [6.07, 6.45) is 3.33. The first-order valence-electron chi connectivity index (χ1n) is 9.21. The number of para-hydroxylation sites is 1. The van der Waals surface area contributed by atoms with Gasteiger partial charge in [0.15, 0.2) is 0 Å². The second kappa shape index (κ2) is 8.39. The number of amides is 1. The van der Waals surface area contributed by atoms with Gasteiger partial charge in [0.25, 0.3) is 5.91 Å². The van der Waals surface area contributed by atoms with Crippen LogP contribution in [0.25, 0.3) is 10.9 Å². The van der Waals surface area contributed by atoms with Crippen LogP contribution in [0.2, 0.25) is 0 Å². The zero-order chi connectivity index (χ0) is 20.1. The van der Waals surface area contributed by atoms with Crippen LogP contribution in [0.3, 0.4) is 0 Å². The minimum atomic E-state index is -0.281. The zero-order valence-electron chi connectivity index (χ0n) is 15.9. The summed E-state index contributed by atoms with van der Waals surface area (Å²) in [6.45, 7) is 0.627. The summed E-state index contributed by atoms with van der Waals surface area (Å²) in [7, 11) is 1.64. The molecular weight excluding hydrogens is 364 g/mol. The Hall–Kier alpha value is -3.93. The number of hydrogen-bond acceptors (Lipinski definition) is 5. The number of nitrogens with zero attached hydrogens (tertiary/aromatic N) is 2. The van der Waals surface area contributed by atoms with Crippen LogP contribution < -0.4 is 15.4 Å². The molecule has 0 aliphatic heterocycles. The predicted octanol–water partition coefficient (Wildman–Crippen LogP) is 4.50. The molecule has 0 aliphatic carbocycles. The highest BCUT2D eigenvalue weighted by molar-refractivity contribution is 6.07. The van der Waals surface area contributed by atoms with Gasteiger partial charge in [0.05, 0.1) is 18.3 Å². The van der Waals surface area contributed by atoms with Crippen molar-refractivity contribution in [3.8, 4) is 5.75 Å². The standard InChI is InChI=1S/C23H20N4O2/c1-29-19-9-7-16(8-10-19)15-26-18-11-13-24-21(14-18)23(28)27-20-6-2-4-17-5-3-12-25-22(17)20/h2-14H,15H2,1H3,(H,24,26)(H,27,28). The van der Waals surface area contributed by atoms with Gasteiger partial charge in [-0.1, -0.05) is 30.3 Å². The summed E-state index contributed by atoms with van der Waals surface area (Å²) in [5, 5.41) is 7.19. The molecule has 0 unspecified atom stereocenters. The first-order valence-corrected chi connectivity index (χ1v) is 9.21. The number of anilines is 2. The van der Waals surface area contributed by atoms with Crippen LogP contribution in [-0.2, 0) is 6.54 Å². The Bertz CT molecular complexity index is 1140. The maximum Gasteiger partial charge on any atom is 0.274 e. The lowest BCUT2D eigenvalue weighted by atomic mass is 10.2. The smallest absolute Gasteiger partial charge is 0.274 e. The Morgan fingerprint density at radius 1 is 0.966 bits per heavy atom. The number of fused-ring (bicyclic) bond motifs is 1. The van der Waals surface area contributed by atoms with Gasteiger partial charge >= 0.3 is 0 Å². The van der Waals surface area contributed by atoms with Crippen molar-refractivity contribution in [1.82, 2.24) is 9.97 Å². The molecule has 29 heavy (non-hydrogen) atoms. The second-order valence-corrected chi connectivity index (χ2v) is 6.47. The van der Waals surface area contributed by atoms with Crippen molar-refractivity contribution in [2.24, 2.45) is 0 Å². The minimum Gasteiger partial charge on any atom is -0.497 e. The molecule has 0 fully saturated rings. The van der Waals surface area contributed by atoms with Crippen molar-refractivity contribution in [2.75, 3.05) is 17.7 Å². The maximum absolute atomic E-state index is 12.7. The van der Waals surface area contributed by atoms with Crippen LogP contribution in [0.5, 0.6) is 5.75 Å². The highest BCUT2D eigenvalue weighted by atomic mass is 16.5. The van der Waals surface area contributed by atoms with E-state index in [1.54, 1.807) is 25.6 Å². The van der Waals surface area contributed by atoms with Crippen molar-refractivity contribution in [3.05, 3.63) is 90.4 Å². The van der Waals surface area contributed by atoms with Gasteiger partial charge in [0.2, 0.25) is 0 Å². The third-order valence-corrected chi connectivity index (χ3v) is 4.53. The molecule has 4 aromatic rings. The van der Waals surface area contributed by atoms with E-state index in [-0.39, 0.29) is 5.91 Å². The lowest BCUT2D eigenvalue weighted by Crippen LogP contribution is -2.14. The van der Waals surface area contributed by atoms with Crippen LogP contribution in [-0.4, -0.2) is 23.0 Å². The molecule has 0 bridgehead atoms. The molecule has 0 radical (unpaired) electrons. The van der Waals surface area contributed by atoms with Gasteiger partial charge in [0.1, 0.15) is 11.4 Å². The van der Waals surface area contributed by atoms with Gasteiger partial charge in [-0.25, -0.2) is 0 Å². The molecule has 2 heterocycles. The van der Waals surface area contributed by atoms with Crippen LogP contribution in [0.1, 0.15) is 16.1 Å². The van der Waals surface area contributed by atoms with Crippen LogP contribution in [0, 0.1) is 0 Å². The summed E-state index contributed by atoms with van der Waals surface area (Å²) in [4.78, 5) is 21.3. The lowest BCUT2D eigenvalue weighted by molar-refractivity contribution is 0.102. The van der Waals surface area contributed by atoms with Crippen molar-refractivity contribution in [2.45, 2.75) is 6.54 Å². The fourth-order valence-corrected chi connectivity index (χ4v) is 3.00. The first kappa shape index (κ1) is 18.4. The number of ether oxygens (including phenoxy) is 1. The number of nitrogens with one attached hydrogen (secondary N) is 2. The van der Waals surface area contributed by atoms with E-state index in [9.17, 15) is 4.79 Å². The summed E-state index contributed by atoms with van der Waals surface area (Å²) in [5.41, 5.74) is 3.66. The Balaban J connectivity index is 1.46. The lowest BCUT2D eigenvalue weighted by Gasteiger charge is -2.10. The van der Waals surface area contributed by atoms with E-state index in [4.69, 9.17) is 4.74 Å². The number of pyridine rings is 2. The molecule has 2 aromatic carbocycles. The molecule has 0 aliphatic rings. The van der Waals surface area contributed by atoms with Gasteiger partial charge < -0.3 is 15.4 Å². The van der Waals surface area contributed by atoms with E-state index in [0.29, 0.717) is 17.9 Å². The van der Waals surface area contributed by atoms with Crippen molar-refractivity contribution >= 4 is 28.2 Å². The zero-order valence-corrected chi connectivity index (χ0v) is 15.9. The van der Waals surface area contributed by atoms with E-state index in [1.165, 1.54) is 0 Å². The van der Waals surface area contributed by atoms with Crippen molar-refractivity contribution in [3.63, 3.8) is 0 Å². The fourth-order valence-electron chi connectivity index (χ4n) is 3.00. The highest BCUT2D eigenvalue weighted by Gasteiger charge is 2.11. The molecular formula is C23H20N4O2. The molecule has 2 N–H and O–H groups in total. The van der Waals surface area contributed by atoms with Crippen molar-refractivity contribution in [1.29, 1.82) is 0 Å². The first-order chi connectivity index (χ1) is 14.2. The SMILES string of the molecule is COc1ccc(CNc2ccnc(C(=O)Nc3cccc4cccnc34)c2)cc1. The Labute approximate surface area is 168 Å². The average Bonchev–Trinajstić information content (AvgIpc) is 2.78. The molecule has 6 heteroatoms. The van der Waals surface area contributed by atoms with E-state index >= 15 is 0 Å². The molecule has 0 saturated carbocycles. The van der Waals surface area contributed by atoms with Crippen LogP contribution in [0.4, 0.5) is 11.4 Å². The minimum absolute atomic E-state index is 0.281. The van der Waals surface area contributed by atoms with Crippen LogP contribution in [0.15, 0.2) is 79.1 Å². The van der Waals surface area contributed by atoms with E-state index < -0.39 is 0 Å². The number of carbonyl (C=O) groups excluding carboxylic acids is 1. The molecule has 1 amide bonds. The third kappa shape index (κ3) is 4.32. The van der Waals surface area contributed by atoms with E-state index in [2.05, 4.69) is 20.6 Å². The normalized spacial score (nSPS) is 10.5. The molecule has 144 valence electrons. The second-order valence-electron chi connectivity index (χ2n) is 6.47. The number of rotatable bonds is 6. The van der Waals surface area contributed by atoms with E-state index in [1.807, 2.05) is 60.7 Å². The Kier molecular flexibility index (Phi) is 5.33. The predicted molar refractivity (Wildman–Crippen MR) is 114 cm³/mol. The maximum atomic E-state index is 12.7. The number of carbonyl (C=O) groups is 1. The number of benzene rings is 2. The number of aromatic nitrogens is 2. The Morgan fingerprint density at radius 2 is 1.79 bits per heavy atom. The molecule has 0 spiro atoms. The molecule has 4 rings (SSSR count). The van der Waals surface area contributed by atoms with E-state index in [0.717, 1.165) is 27.9 Å². The molecule has 0 atom stereocenters. The number of methoxy groups -OCH3 is 1. The fraction of sp³-hybridized carbons (Fsp3) is 0.0870. The van der Waals surface area contributed by atoms with Gasteiger partial charge in [-0.05, 0) is 42.0 Å². The van der Waals surface area contributed by atoms with Gasteiger partial charge in [-0.2, -0.15) is 0 Å². The highest BCUT2D eigenvalue weighted by Crippen LogP contribution is 2.21. The molecule has 6 nitrogen and oxygen atoms in total. The largest absolute Gasteiger partial charge is 0.497 e. The molecule has 0 saturated heterocycles. The number of hydrogen-bond donors (Lipinski definition) is 2. The Morgan fingerprint density at radius 3 is 2.62 bits per heavy atom. The quantitative estimate of drug-likeness (QED) is 0.512. The van der Waals surface area contributed by atoms with Gasteiger partial charge in [-0.3, -0.25) is 14.8 Å². The van der Waals surface area contributed by atoms with Gasteiger partial charge in [-0.15, -0.1) is 0 Å². The third-order valence-electron chi connectivity index (χ3n) is 4.53. The summed E-state index contributed by atoms with van der Waals surface area (Å²) in [5.74, 6) is 0.538. The average molecular weight is 384 g/mol. The van der Waals surface area contributed by atoms with Gasteiger partial charge in [0, 0.05) is 30.0 Å². The summed E-state index contributed by atoms with van der Waals surface area (Å²) < 4.78 is 5.17. The summed E-state index contributed by atoms with van der Waals surface area (Å²) in [6, 6.07) is 20.9. The summed E-state index contributed by atoms with van der Waals surface area (Å²) >= 11 is 0. The van der Waals surface area contributed by atoms with Crippen LogP contribution >= 0.6 is 0 Å².